The van der Waals surface area contributed by atoms with E-state index in [4.69, 9.17) is 10.2 Å². The van der Waals surface area contributed by atoms with Crippen LogP contribution in [0.3, 0.4) is 0 Å². The van der Waals surface area contributed by atoms with E-state index >= 15 is 0 Å². The molecule has 1 aliphatic rings. The van der Waals surface area contributed by atoms with Crippen LogP contribution in [0.2, 0.25) is 0 Å². The lowest BCUT2D eigenvalue weighted by atomic mass is 10.1. The second kappa shape index (κ2) is 6.23. The van der Waals surface area contributed by atoms with Crippen LogP contribution in [0.1, 0.15) is 32.6 Å². The normalized spacial score (nSPS) is 17.6. The summed E-state index contributed by atoms with van der Waals surface area (Å²) in [6.07, 6.45) is 2.57. The number of hydrogen-bond donors (Lipinski definition) is 4. The predicted octanol–water partition coefficient (Wildman–Crippen LogP) is 0.402. The van der Waals surface area contributed by atoms with Gasteiger partial charge in [-0.25, -0.2) is 9.59 Å². The number of rotatable bonds is 7. The van der Waals surface area contributed by atoms with Crippen LogP contribution >= 0.6 is 0 Å². The monoisotopic (exact) mass is 258 g/mol. The van der Waals surface area contributed by atoms with Gasteiger partial charge in [0, 0.05) is 6.04 Å². The fourth-order valence-corrected chi connectivity index (χ4v) is 1.71. The molecule has 0 saturated heterocycles. The lowest BCUT2D eigenvalue weighted by molar-refractivity contribution is -0.145. The largest absolute Gasteiger partial charge is 0.481 e. The molecule has 0 heterocycles. The van der Waals surface area contributed by atoms with Gasteiger partial charge in [0.2, 0.25) is 0 Å². The SMILES string of the molecule is CC(CC1CC1)NC(=O)N[C@H](CC(=O)O)C(=O)O. The number of carbonyl (C=O) groups is 3. The molecule has 0 radical (unpaired) electrons. The van der Waals surface area contributed by atoms with Crippen molar-refractivity contribution in [2.24, 2.45) is 5.92 Å². The molecule has 7 heteroatoms. The lowest BCUT2D eigenvalue weighted by Crippen LogP contribution is -2.49. The van der Waals surface area contributed by atoms with Gasteiger partial charge >= 0.3 is 18.0 Å². The van der Waals surface area contributed by atoms with Gasteiger partial charge in [-0.15, -0.1) is 0 Å². The third-order valence-electron chi connectivity index (χ3n) is 2.74. The van der Waals surface area contributed by atoms with E-state index in [2.05, 4.69) is 10.6 Å². The first kappa shape index (κ1) is 14.3. The lowest BCUT2D eigenvalue weighted by Gasteiger charge is -2.17. The van der Waals surface area contributed by atoms with E-state index in [0.717, 1.165) is 6.42 Å². The van der Waals surface area contributed by atoms with Crippen LogP contribution < -0.4 is 10.6 Å². The standard InChI is InChI=1S/C11H18N2O5/c1-6(4-7-2-3-7)12-11(18)13-8(10(16)17)5-9(14)15/h6-8H,2-5H2,1H3,(H,14,15)(H,16,17)(H2,12,13,18)/t6?,8-/m1/s1. The Morgan fingerprint density at radius 2 is 1.83 bits per heavy atom. The highest BCUT2D eigenvalue weighted by Gasteiger charge is 2.26. The van der Waals surface area contributed by atoms with E-state index in [1.54, 1.807) is 0 Å². The van der Waals surface area contributed by atoms with Gasteiger partial charge in [-0.05, 0) is 19.3 Å². The number of amides is 2. The van der Waals surface area contributed by atoms with E-state index < -0.39 is 30.4 Å². The first-order valence-electron chi connectivity index (χ1n) is 5.90. The number of urea groups is 1. The molecule has 1 saturated carbocycles. The summed E-state index contributed by atoms with van der Waals surface area (Å²) in [5.41, 5.74) is 0. The molecule has 1 fully saturated rings. The Morgan fingerprint density at radius 1 is 1.22 bits per heavy atom. The summed E-state index contributed by atoms with van der Waals surface area (Å²) in [6, 6.07) is -2.09. The van der Waals surface area contributed by atoms with Crippen molar-refractivity contribution in [3.05, 3.63) is 0 Å². The maximum atomic E-state index is 11.5. The summed E-state index contributed by atoms with van der Waals surface area (Å²) in [4.78, 5) is 32.6. The first-order valence-corrected chi connectivity index (χ1v) is 5.90. The Balaban J connectivity index is 2.34. The summed E-state index contributed by atoms with van der Waals surface area (Å²) >= 11 is 0. The van der Waals surface area contributed by atoms with Gasteiger partial charge in [0.1, 0.15) is 6.04 Å². The second-order valence-electron chi connectivity index (χ2n) is 4.69. The zero-order valence-electron chi connectivity index (χ0n) is 10.2. The molecule has 1 unspecified atom stereocenters. The molecular weight excluding hydrogens is 240 g/mol. The van der Waals surface area contributed by atoms with Crippen LogP contribution in [0.25, 0.3) is 0 Å². The fraction of sp³-hybridized carbons (Fsp3) is 0.727. The minimum Gasteiger partial charge on any atom is -0.481 e. The molecule has 0 aromatic heterocycles. The topological polar surface area (TPSA) is 116 Å². The Labute approximate surface area is 105 Å². The van der Waals surface area contributed by atoms with Crippen molar-refractivity contribution in [3.63, 3.8) is 0 Å². The number of carboxylic acid groups (broad SMARTS) is 2. The van der Waals surface area contributed by atoms with Crippen molar-refractivity contribution in [1.29, 1.82) is 0 Å². The minimum absolute atomic E-state index is 0.0447. The van der Waals surface area contributed by atoms with Crippen LogP contribution in [-0.4, -0.2) is 40.3 Å². The van der Waals surface area contributed by atoms with Crippen molar-refractivity contribution in [2.75, 3.05) is 0 Å². The van der Waals surface area contributed by atoms with Crippen molar-refractivity contribution in [1.82, 2.24) is 10.6 Å². The Morgan fingerprint density at radius 3 is 2.28 bits per heavy atom. The Bertz CT molecular complexity index is 340. The molecule has 0 aromatic rings. The second-order valence-corrected chi connectivity index (χ2v) is 4.69. The van der Waals surface area contributed by atoms with Gasteiger partial charge in [0.15, 0.2) is 0 Å². The molecule has 18 heavy (non-hydrogen) atoms. The average molecular weight is 258 g/mol. The average Bonchev–Trinajstić information content (AvgIpc) is 2.99. The highest BCUT2D eigenvalue weighted by atomic mass is 16.4. The molecular formula is C11H18N2O5. The number of carboxylic acids is 2. The Hall–Kier alpha value is -1.79. The van der Waals surface area contributed by atoms with Crippen LogP contribution in [0.15, 0.2) is 0 Å². The quantitative estimate of drug-likeness (QED) is 0.527. The minimum atomic E-state index is -1.41. The Kier molecular flexibility index (Phi) is 4.94. The van der Waals surface area contributed by atoms with Gasteiger partial charge in [-0.3, -0.25) is 4.79 Å². The maximum Gasteiger partial charge on any atom is 0.326 e. The van der Waals surface area contributed by atoms with E-state index in [1.165, 1.54) is 12.8 Å². The highest BCUT2D eigenvalue weighted by Crippen LogP contribution is 2.33. The van der Waals surface area contributed by atoms with Gasteiger partial charge < -0.3 is 20.8 Å². The van der Waals surface area contributed by atoms with E-state index in [0.29, 0.717) is 5.92 Å². The molecule has 1 rings (SSSR count). The highest BCUT2D eigenvalue weighted by molar-refractivity contribution is 5.86. The summed E-state index contributed by atoms with van der Waals surface area (Å²) in [5, 5.41) is 22.0. The van der Waals surface area contributed by atoms with Crippen molar-refractivity contribution in [2.45, 2.75) is 44.7 Å². The molecule has 1 aliphatic carbocycles. The van der Waals surface area contributed by atoms with Crippen LogP contribution in [0.4, 0.5) is 4.79 Å². The molecule has 2 atom stereocenters. The number of carbonyl (C=O) groups excluding carboxylic acids is 1. The summed E-state index contributed by atoms with van der Waals surface area (Å²) in [5.74, 6) is -1.98. The molecule has 7 nitrogen and oxygen atoms in total. The number of nitrogens with one attached hydrogen (secondary N) is 2. The number of aliphatic carboxylic acids is 2. The van der Waals surface area contributed by atoms with Gasteiger partial charge in [0.05, 0.1) is 6.42 Å². The van der Waals surface area contributed by atoms with E-state index in [-0.39, 0.29) is 6.04 Å². The fourth-order valence-electron chi connectivity index (χ4n) is 1.71. The summed E-state index contributed by atoms with van der Waals surface area (Å²) in [6.45, 7) is 1.84. The first-order chi connectivity index (χ1) is 8.38. The van der Waals surface area contributed by atoms with Crippen molar-refractivity contribution in [3.8, 4) is 0 Å². The molecule has 0 aromatic carbocycles. The van der Waals surface area contributed by atoms with Gasteiger partial charge in [-0.2, -0.15) is 0 Å². The molecule has 0 aliphatic heterocycles. The van der Waals surface area contributed by atoms with E-state index in [9.17, 15) is 14.4 Å². The van der Waals surface area contributed by atoms with E-state index in [1.807, 2.05) is 6.92 Å². The third-order valence-corrected chi connectivity index (χ3v) is 2.74. The summed E-state index contributed by atoms with van der Waals surface area (Å²) < 4.78 is 0. The van der Waals surface area contributed by atoms with Gasteiger partial charge in [0.25, 0.3) is 0 Å². The molecule has 2 amide bonds. The van der Waals surface area contributed by atoms with Gasteiger partial charge in [-0.1, -0.05) is 12.8 Å². The third kappa shape index (κ3) is 5.51. The molecule has 0 spiro atoms. The number of hydrogen-bond acceptors (Lipinski definition) is 3. The molecule has 4 N–H and O–H groups in total. The van der Waals surface area contributed by atoms with Crippen LogP contribution in [-0.2, 0) is 9.59 Å². The molecule has 0 bridgehead atoms. The smallest absolute Gasteiger partial charge is 0.326 e. The van der Waals surface area contributed by atoms with Crippen molar-refractivity contribution < 1.29 is 24.6 Å². The zero-order chi connectivity index (χ0) is 13.7. The van der Waals surface area contributed by atoms with Crippen molar-refractivity contribution >= 4 is 18.0 Å². The van der Waals surface area contributed by atoms with Crippen LogP contribution in [0, 0.1) is 5.92 Å². The summed E-state index contributed by atoms with van der Waals surface area (Å²) in [7, 11) is 0. The predicted molar refractivity (Wildman–Crippen MR) is 62.1 cm³/mol. The molecule has 102 valence electrons. The van der Waals surface area contributed by atoms with Crippen LogP contribution in [0.5, 0.6) is 0 Å². The zero-order valence-corrected chi connectivity index (χ0v) is 10.2. The maximum absolute atomic E-state index is 11.5.